The zero-order chi connectivity index (χ0) is 13.4. The number of nitrogens with one attached hydrogen (secondary N) is 1. The quantitative estimate of drug-likeness (QED) is 0.262. The zero-order valence-electron chi connectivity index (χ0n) is 11.2. The molecule has 0 saturated carbocycles. The summed E-state index contributed by atoms with van der Waals surface area (Å²) in [7, 11) is 0. The number of aryl methyl sites for hydroxylation is 2. The van der Waals surface area contributed by atoms with Gasteiger partial charge in [-0.1, -0.05) is 24.1 Å². The van der Waals surface area contributed by atoms with Gasteiger partial charge in [0.15, 0.2) is 0 Å². The molecule has 100 valence electrons. The fourth-order valence-corrected chi connectivity index (χ4v) is 2.80. The van der Waals surface area contributed by atoms with Gasteiger partial charge in [0.05, 0.1) is 0 Å². The lowest BCUT2D eigenvalue weighted by Gasteiger charge is -2.06. The lowest BCUT2D eigenvalue weighted by atomic mass is 10.2. The zero-order valence-corrected chi connectivity index (χ0v) is 12.0. The van der Waals surface area contributed by atoms with E-state index in [0.717, 1.165) is 25.0 Å². The van der Waals surface area contributed by atoms with E-state index in [2.05, 4.69) is 37.5 Å². The van der Waals surface area contributed by atoms with Crippen LogP contribution >= 0.6 is 11.8 Å². The van der Waals surface area contributed by atoms with E-state index in [9.17, 15) is 4.79 Å². The first-order chi connectivity index (χ1) is 8.63. The van der Waals surface area contributed by atoms with Gasteiger partial charge in [-0.3, -0.25) is 10.2 Å². The smallest absolute Gasteiger partial charge is 0.233 e. The SMILES string of the molecule is Cc1ccc(SCCCCCC(=O)NN)c(C)c1. The summed E-state index contributed by atoms with van der Waals surface area (Å²) in [5, 5.41) is 0. The van der Waals surface area contributed by atoms with Crippen LogP contribution in [-0.2, 0) is 4.79 Å². The maximum absolute atomic E-state index is 10.9. The molecular formula is C14H22N2OS. The lowest BCUT2D eigenvalue weighted by molar-refractivity contribution is -0.121. The Morgan fingerprint density at radius 2 is 2.06 bits per heavy atom. The lowest BCUT2D eigenvalue weighted by Crippen LogP contribution is -2.29. The molecule has 0 fully saturated rings. The maximum atomic E-state index is 10.9. The summed E-state index contributed by atoms with van der Waals surface area (Å²) in [6, 6.07) is 6.56. The number of amides is 1. The number of unbranched alkanes of at least 4 members (excludes halogenated alkanes) is 2. The molecule has 0 aliphatic heterocycles. The first-order valence-corrected chi connectivity index (χ1v) is 7.31. The van der Waals surface area contributed by atoms with Gasteiger partial charge in [0.25, 0.3) is 0 Å². The number of carbonyl (C=O) groups is 1. The number of carbonyl (C=O) groups excluding carboxylic acids is 1. The van der Waals surface area contributed by atoms with E-state index in [1.54, 1.807) is 0 Å². The van der Waals surface area contributed by atoms with Crippen molar-refractivity contribution < 1.29 is 4.79 Å². The second-order valence-corrected chi connectivity index (χ2v) is 5.63. The van der Waals surface area contributed by atoms with Crippen LogP contribution in [0.25, 0.3) is 0 Å². The van der Waals surface area contributed by atoms with Gasteiger partial charge >= 0.3 is 0 Å². The van der Waals surface area contributed by atoms with Gasteiger partial charge in [0, 0.05) is 11.3 Å². The Morgan fingerprint density at radius 1 is 1.28 bits per heavy atom. The van der Waals surface area contributed by atoms with E-state index in [0.29, 0.717) is 6.42 Å². The third-order valence-electron chi connectivity index (χ3n) is 2.80. The molecule has 0 bridgehead atoms. The second kappa shape index (κ2) is 8.16. The first kappa shape index (κ1) is 15.1. The highest BCUT2D eigenvalue weighted by Gasteiger charge is 2.00. The van der Waals surface area contributed by atoms with Crippen LogP contribution in [0.3, 0.4) is 0 Å². The summed E-state index contributed by atoms with van der Waals surface area (Å²) in [5.74, 6) is 6.05. The third kappa shape index (κ3) is 5.56. The Labute approximate surface area is 113 Å². The van der Waals surface area contributed by atoms with Gasteiger partial charge in [-0.2, -0.15) is 0 Å². The van der Waals surface area contributed by atoms with E-state index < -0.39 is 0 Å². The summed E-state index contributed by atoms with van der Waals surface area (Å²) < 4.78 is 0. The Bertz CT molecular complexity index is 393. The van der Waals surface area contributed by atoms with Crippen LogP contribution in [0.4, 0.5) is 0 Å². The van der Waals surface area contributed by atoms with Gasteiger partial charge < -0.3 is 0 Å². The molecule has 1 aromatic rings. The van der Waals surface area contributed by atoms with Gasteiger partial charge in [0.2, 0.25) is 5.91 Å². The standard InChI is InChI=1S/C14H22N2OS/c1-11-7-8-13(12(2)10-11)18-9-5-3-4-6-14(17)16-15/h7-8,10H,3-6,9,15H2,1-2H3,(H,16,17). The molecule has 0 unspecified atom stereocenters. The highest BCUT2D eigenvalue weighted by Crippen LogP contribution is 2.24. The van der Waals surface area contributed by atoms with Gasteiger partial charge in [-0.25, -0.2) is 5.84 Å². The molecule has 0 radical (unpaired) electrons. The number of nitrogens with two attached hydrogens (primary N) is 1. The summed E-state index contributed by atoms with van der Waals surface area (Å²) in [6.07, 6.45) is 3.66. The molecule has 0 heterocycles. The minimum absolute atomic E-state index is 0.0722. The Hall–Kier alpha value is -1.00. The first-order valence-electron chi connectivity index (χ1n) is 6.33. The molecule has 0 spiro atoms. The topological polar surface area (TPSA) is 55.1 Å². The summed E-state index contributed by atoms with van der Waals surface area (Å²) >= 11 is 1.90. The fraction of sp³-hybridized carbons (Fsp3) is 0.500. The average molecular weight is 266 g/mol. The van der Waals surface area contributed by atoms with Crippen LogP contribution in [-0.4, -0.2) is 11.7 Å². The van der Waals surface area contributed by atoms with Crippen LogP contribution in [0.2, 0.25) is 0 Å². The predicted molar refractivity (Wildman–Crippen MR) is 77.4 cm³/mol. The summed E-state index contributed by atoms with van der Waals surface area (Å²) in [4.78, 5) is 12.3. The third-order valence-corrected chi connectivity index (χ3v) is 4.06. The molecule has 3 nitrogen and oxygen atoms in total. The normalized spacial score (nSPS) is 10.4. The molecule has 0 aliphatic rings. The number of hydrazine groups is 1. The molecule has 3 N–H and O–H groups in total. The second-order valence-electron chi connectivity index (χ2n) is 4.50. The Morgan fingerprint density at radius 3 is 2.72 bits per heavy atom. The van der Waals surface area contributed by atoms with E-state index in [1.807, 2.05) is 11.8 Å². The number of benzene rings is 1. The van der Waals surface area contributed by atoms with Crippen molar-refractivity contribution in [1.29, 1.82) is 0 Å². The van der Waals surface area contributed by atoms with E-state index in [-0.39, 0.29) is 5.91 Å². The highest BCUT2D eigenvalue weighted by atomic mass is 32.2. The molecule has 1 aromatic carbocycles. The molecule has 1 amide bonds. The molecular weight excluding hydrogens is 244 g/mol. The Balaban J connectivity index is 2.16. The van der Waals surface area contributed by atoms with Crippen molar-refractivity contribution >= 4 is 17.7 Å². The molecule has 0 saturated heterocycles. The number of hydrogen-bond acceptors (Lipinski definition) is 3. The van der Waals surface area contributed by atoms with Crippen molar-refractivity contribution in [2.75, 3.05) is 5.75 Å². The molecule has 0 aromatic heterocycles. The minimum Gasteiger partial charge on any atom is -0.294 e. The van der Waals surface area contributed by atoms with Crippen LogP contribution in [0, 0.1) is 13.8 Å². The van der Waals surface area contributed by atoms with Crippen molar-refractivity contribution in [2.45, 2.75) is 44.4 Å². The molecule has 4 heteroatoms. The van der Waals surface area contributed by atoms with Crippen molar-refractivity contribution in [3.8, 4) is 0 Å². The monoisotopic (exact) mass is 266 g/mol. The number of thioether (sulfide) groups is 1. The number of hydrogen-bond donors (Lipinski definition) is 2. The van der Waals surface area contributed by atoms with Crippen LogP contribution in [0.15, 0.2) is 23.1 Å². The molecule has 0 atom stereocenters. The van der Waals surface area contributed by atoms with Gasteiger partial charge in [-0.15, -0.1) is 11.8 Å². The van der Waals surface area contributed by atoms with Crippen molar-refractivity contribution in [3.05, 3.63) is 29.3 Å². The van der Waals surface area contributed by atoms with Crippen LogP contribution in [0.5, 0.6) is 0 Å². The van der Waals surface area contributed by atoms with Crippen molar-refractivity contribution in [1.82, 2.24) is 5.43 Å². The predicted octanol–water partition coefficient (Wildman–Crippen LogP) is 2.95. The van der Waals surface area contributed by atoms with Crippen LogP contribution < -0.4 is 11.3 Å². The van der Waals surface area contributed by atoms with Crippen molar-refractivity contribution in [3.63, 3.8) is 0 Å². The van der Waals surface area contributed by atoms with E-state index >= 15 is 0 Å². The van der Waals surface area contributed by atoms with Gasteiger partial charge in [-0.05, 0) is 44.1 Å². The maximum Gasteiger partial charge on any atom is 0.233 e. The van der Waals surface area contributed by atoms with E-state index in [1.165, 1.54) is 16.0 Å². The van der Waals surface area contributed by atoms with E-state index in [4.69, 9.17) is 5.84 Å². The largest absolute Gasteiger partial charge is 0.294 e. The summed E-state index contributed by atoms with van der Waals surface area (Å²) in [5.41, 5.74) is 4.81. The minimum atomic E-state index is -0.0722. The van der Waals surface area contributed by atoms with Crippen LogP contribution in [0.1, 0.15) is 36.8 Å². The van der Waals surface area contributed by atoms with Gasteiger partial charge in [0.1, 0.15) is 0 Å². The van der Waals surface area contributed by atoms with Crippen molar-refractivity contribution in [2.24, 2.45) is 5.84 Å². The fourth-order valence-electron chi connectivity index (χ4n) is 1.78. The highest BCUT2D eigenvalue weighted by molar-refractivity contribution is 7.99. The number of rotatable bonds is 7. The Kier molecular flexibility index (Phi) is 6.83. The molecule has 0 aliphatic carbocycles. The molecule has 18 heavy (non-hydrogen) atoms. The molecule has 1 rings (SSSR count). The summed E-state index contributed by atoms with van der Waals surface area (Å²) in [6.45, 7) is 4.27. The average Bonchev–Trinajstić information content (AvgIpc) is 2.35.